The molecule has 0 spiro atoms. The van der Waals surface area contributed by atoms with Crippen LogP contribution in [0.1, 0.15) is 36.8 Å². The first kappa shape index (κ1) is 11.7. The van der Waals surface area contributed by atoms with E-state index in [2.05, 4.69) is 0 Å². The molecule has 3 nitrogen and oxygen atoms in total. The summed E-state index contributed by atoms with van der Waals surface area (Å²) >= 11 is 0. The number of benzene rings is 1. The van der Waals surface area contributed by atoms with E-state index in [1.807, 2.05) is 31.2 Å². The lowest BCUT2D eigenvalue weighted by Crippen LogP contribution is -2.05. The fourth-order valence-corrected chi connectivity index (χ4v) is 1.60. The fraction of sp³-hybridized carbons (Fsp3) is 0.417. The summed E-state index contributed by atoms with van der Waals surface area (Å²) < 4.78 is 0. The molecule has 0 aliphatic carbocycles. The predicted molar refractivity (Wildman–Crippen MR) is 57.6 cm³/mol. The minimum absolute atomic E-state index is 0.0238. The predicted octanol–water partition coefficient (Wildman–Crippen LogP) is 2.15. The lowest BCUT2D eigenvalue weighted by atomic mass is 9.93. The Bertz CT molecular complexity index is 316. The summed E-state index contributed by atoms with van der Waals surface area (Å²) in [5.41, 5.74) is 1.88. The quantitative estimate of drug-likeness (QED) is 0.779. The van der Waals surface area contributed by atoms with Gasteiger partial charge in [-0.3, -0.25) is 4.79 Å². The van der Waals surface area contributed by atoms with Crippen molar-refractivity contribution < 1.29 is 15.0 Å². The number of carboxylic acid groups (broad SMARTS) is 1. The van der Waals surface area contributed by atoms with Crippen LogP contribution in [0.2, 0.25) is 0 Å². The van der Waals surface area contributed by atoms with Crippen molar-refractivity contribution in [3.05, 3.63) is 35.4 Å². The lowest BCUT2D eigenvalue weighted by molar-refractivity contribution is -0.137. The molecule has 0 saturated carbocycles. The smallest absolute Gasteiger partial charge is 0.303 e. The second-order valence-corrected chi connectivity index (χ2v) is 3.60. The number of aliphatic hydroxyl groups excluding tert-OH is 1. The molecule has 0 amide bonds. The Kier molecular flexibility index (Phi) is 4.31. The highest BCUT2D eigenvalue weighted by atomic mass is 16.4. The lowest BCUT2D eigenvalue weighted by Gasteiger charge is -2.12. The maximum Gasteiger partial charge on any atom is 0.303 e. The summed E-state index contributed by atoms with van der Waals surface area (Å²) in [6, 6.07) is 7.45. The monoisotopic (exact) mass is 208 g/mol. The van der Waals surface area contributed by atoms with E-state index in [9.17, 15) is 4.79 Å². The Morgan fingerprint density at radius 1 is 1.33 bits per heavy atom. The molecule has 1 unspecified atom stereocenters. The molecular formula is C12H16O3. The average molecular weight is 208 g/mol. The van der Waals surface area contributed by atoms with Gasteiger partial charge in [0.05, 0.1) is 13.0 Å². The van der Waals surface area contributed by atoms with Crippen molar-refractivity contribution in [3.8, 4) is 0 Å². The molecule has 3 heteroatoms. The Morgan fingerprint density at radius 2 is 1.93 bits per heavy atom. The molecule has 0 heterocycles. The third kappa shape index (κ3) is 3.36. The number of carboxylic acids is 1. The minimum Gasteiger partial charge on any atom is -0.481 e. The first-order chi connectivity index (χ1) is 7.17. The molecule has 1 aromatic rings. The zero-order valence-electron chi connectivity index (χ0n) is 8.81. The molecule has 0 bridgehead atoms. The van der Waals surface area contributed by atoms with Crippen molar-refractivity contribution >= 4 is 5.97 Å². The van der Waals surface area contributed by atoms with Crippen LogP contribution in [0.15, 0.2) is 24.3 Å². The topological polar surface area (TPSA) is 57.5 Å². The summed E-state index contributed by atoms with van der Waals surface area (Å²) in [4.78, 5) is 10.6. The molecule has 0 aliphatic heterocycles. The van der Waals surface area contributed by atoms with Crippen LogP contribution < -0.4 is 0 Å². The molecule has 0 aromatic heterocycles. The fourth-order valence-electron chi connectivity index (χ4n) is 1.60. The molecule has 0 saturated heterocycles. The summed E-state index contributed by atoms with van der Waals surface area (Å²) in [6.07, 6.45) is 0.972. The number of aliphatic hydroxyl groups is 1. The summed E-state index contributed by atoms with van der Waals surface area (Å²) in [7, 11) is 0. The SMILES string of the molecule is CCC(CC(=O)O)c1ccc(CO)cc1. The maximum atomic E-state index is 10.6. The first-order valence-electron chi connectivity index (χ1n) is 5.08. The van der Waals surface area contributed by atoms with Crippen LogP contribution in [-0.4, -0.2) is 16.2 Å². The third-order valence-electron chi connectivity index (χ3n) is 2.55. The van der Waals surface area contributed by atoms with Gasteiger partial charge in [0.2, 0.25) is 0 Å². The van der Waals surface area contributed by atoms with Gasteiger partial charge in [0, 0.05) is 0 Å². The molecule has 1 rings (SSSR count). The van der Waals surface area contributed by atoms with Crippen LogP contribution in [0.4, 0.5) is 0 Å². The van der Waals surface area contributed by atoms with Gasteiger partial charge in [-0.25, -0.2) is 0 Å². The van der Waals surface area contributed by atoms with Gasteiger partial charge in [-0.1, -0.05) is 31.2 Å². The second-order valence-electron chi connectivity index (χ2n) is 3.60. The van der Waals surface area contributed by atoms with Crippen LogP contribution in [0.25, 0.3) is 0 Å². The van der Waals surface area contributed by atoms with Crippen LogP contribution in [0.5, 0.6) is 0 Å². The van der Waals surface area contributed by atoms with Crippen LogP contribution >= 0.6 is 0 Å². The Labute approximate surface area is 89.4 Å². The van der Waals surface area contributed by atoms with Gasteiger partial charge in [-0.15, -0.1) is 0 Å². The molecule has 0 radical (unpaired) electrons. The number of hydrogen-bond donors (Lipinski definition) is 2. The van der Waals surface area contributed by atoms with Crippen LogP contribution in [-0.2, 0) is 11.4 Å². The summed E-state index contributed by atoms with van der Waals surface area (Å²) in [5.74, 6) is -0.705. The van der Waals surface area contributed by atoms with Crippen molar-refractivity contribution in [1.82, 2.24) is 0 Å². The Hall–Kier alpha value is -1.35. The van der Waals surface area contributed by atoms with Crippen molar-refractivity contribution in [2.24, 2.45) is 0 Å². The minimum atomic E-state index is -0.770. The zero-order valence-corrected chi connectivity index (χ0v) is 8.81. The van der Waals surface area contributed by atoms with E-state index < -0.39 is 5.97 Å². The van der Waals surface area contributed by atoms with E-state index in [-0.39, 0.29) is 18.9 Å². The van der Waals surface area contributed by atoms with Crippen molar-refractivity contribution in [2.45, 2.75) is 32.3 Å². The molecule has 0 aliphatic rings. The van der Waals surface area contributed by atoms with Crippen molar-refractivity contribution in [2.75, 3.05) is 0 Å². The Morgan fingerprint density at radius 3 is 2.33 bits per heavy atom. The van der Waals surface area contributed by atoms with Gasteiger partial charge in [-0.05, 0) is 23.5 Å². The highest BCUT2D eigenvalue weighted by Gasteiger charge is 2.12. The van der Waals surface area contributed by atoms with Gasteiger partial charge in [0.1, 0.15) is 0 Å². The van der Waals surface area contributed by atoms with Gasteiger partial charge in [-0.2, -0.15) is 0 Å². The van der Waals surface area contributed by atoms with Crippen LogP contribution in [0, 0.1) is 0 Å². The highest BCUT2D eigenvalue weighted by molar-refractivity contribution is 5.68. The second kappa shape index (κ2) is 5.51. The molecule has 15 heavy (non-hydrogen) atoms. The van der Waals surface area contributed by atoms with Gasteiger partial charge in [0.15, 0.2) is 0 Å². The summed E-state index contributed by atoms with van der Waals surface area (Å²) in [6.45, 7) is 2.00. The molecule has 2 N–H and O–H groups in total. The number of carbonyl (C=O) groups is 1. The standard InChI is InChI=1S/C12H16O3/c1-2-10(7-12(14)15)11-5-3-9(8-13)4-6-11/h3-6,10,13H,2,7-8H2,1H3,(H,14,15). The van der Waals surface area contributed by atoms with E-state index in [1.54, 1.807) is 0 Å². The maximum absolute atomic E-state index is 10.6. The normalized spacial score (nSPS) is 12.4. The van der Waals surface area contributed by atoms with Crippen LogP contribution in [0.3, 0.4) is 0 Å². The van der Waals surface area contributed by atoms with E-state index in [1.165, 1.54) is 0 Å². The zero-order chi connectivity index (χ0) is 11.3. The van der Waals surface area contributed by atoms with Crippen molar-refractivity contribution in [1.29, 1.82) is 0 Å². The van der Waals surface area contributed by atoms with E-state index in [0.717, 1.165) is 17.5 Å². The number of rotatable bonds is 5. The number of aliphatic carboxylic acids is 1. The van der Waals surface area contributed by atoms with Crippen molar-refractivity contribution in [3.63, 3.8) is 0 Å². The van der Waals surface area contributed by atoms with Gasteiger partial charge >= 0.3 is 5.97 Å². The first-order valence-corrected chi connectivity index (χ1v) is 5.08. The van der Waals surface area contributed by atoms with E-state index in [4.69, 9.17) is 10.2 Å². The van der Waals surface area contributed by atoms with Gasteiger partial charge < -0.3 is 10.2 Å². The molecule has 1 aromatic carbocycles. The molecular weight excluding hydrogens is 192 g/mol. The van der Waals surface area contributed by atoms with E-state index >= 15 is 0 Å². The van der Waals surface area contributed by atoms with Gasteiger partial charge in [0.25, 0.3) is 0 Å². The molecule has 1 atom stereocenters. The number of hydrogen-bond acceptors (Lipinski definition) is 2. The molecule has 0 fully saturated rings. The third-order valence-corrected chi connectivity index (χ3v) is 2.55. The summed E-state index contributed by atoms with van der Waals surface area (Å²) in [5, 5.41) is 17.6. The van der Waals surface area contributed by atoms with E-state index in [0.29, 0.717) is 0 Å². The largest absolute Gasteiger partial charge is 0.481 e. The highest BCUT2D eigenvalue weighted by Crippen LogP contribution is 2.23. The Balaban J connectivity index is 2.78. The average Bonchev–Trinajstić information content (AvgIpc) is 2.26. The molecule has 82 valence electrons.